The molecule has 0 saturated heterocycles. The number of hydrogen-bond acceptors (Lipinski definition) is 4. The summed E-state index contributed by atoms with van der Waals surface area (Å²) in [6.45, 7) is 0.587. The Hall–Kier alpha value is -1.81. The molecule has 0 aliphatic heterocycles. The van der Waals surface area contributed by atoms with E-state index >= 15 is 0 Å². The number of nitrogens with zero attached hydrogens (tertiary/aromatic N) is 2. The molecule has 4 nitrogen and oxygen atoms in total. The van der Waals surface area contributed by atoms with E-state index in [-0.39, 0.29) is 5.75 Å². The lowest BCUT2D eigenvalue weighted by Gasteiger charge is -2.06. The minimum atomic E-state index is 0.0780. The maximum Gasteiger partial charge on any atom is 0.134 e. The molecule has 2 N–H and O–H groups in total. The van der Waals surface area contributed by atoms with Crippen molar-refractivity contribution in [2.75, 3.05) is 5.32 Å². The summed E-state index contributed by atoms with van der Waals surface area (Å²) < 4.78 is 0. The number of rotatable bonds is 3. The second-order valence-electron chi connectivity index (χ2n) is 3.22. The summed E-state index contributed by atoms with van der Waals surface area (Å²) in [5.41, 5.74) is 1.72. The van der Waals surface area contributed by atoms with Crippen molar-refractivity contribution in [2.45, 2.75) is 6.54 Å². The molecule has 0 atom stereocenters. The molecule has 1 aromatic carbocycles. The fourth-order valence-corrected chi connectivity index (χ4v) is 1.41. The van der Waals surface area contributed by atoms with Gasteiger partial charge in [0.2, 0.25) is 0 Å². The summed E-state index contributed by atoms with van der Waals surface area (Å²) in [6.07, 6.45) is 3.19. The van der Waals surface area contributed by atoms with Gasteiger partial charge in [-0.3, -0.25) is 0 Å². The van der Waals surface area contributed by atoms with Crippen LogP contribution >= 0.6 is 11.6 Å². The first kappa shape index (κ1) is 10.7. The van der Waals surface area contributed by atoms with Crippen LogP contribution < -0.4 is 5.32 Å². The monoisotopic (exact) mass is 235 g/mol. The third-order valence-corrected chi connectivity index (χ3v) is 2.37. The van der Waals surface area contributed by atoms with Gasteiger partial charge in [0.25, 0.3) is 0 Å². The van der Waals surface area contributed by atoms with Crippen LogP contribution in [0.5, 0.6) is 5.75 Å². The van der Waals surface area contributed by atoms with Crippen LogP contribution in [-0.2, 0) is 6.54 Å². The predicted octanol–water partition coefficient (Wildman–Crippen LogP) is 2.45. The zero-order chi connectivity index (χ0) is 11.4. The first-order chi connectivity index (χ1) is 7.75. The molecule has 0 bridgehead atoms. The molecule has 16 heavy (non-hydrogen) atoms. The number of anilines is 1. The van der Waals surface area contributed by atoms with E-state index in [0.29, 0.717) is 11.6 Å². The van der Waals surface area contributed by atoms with Crippen LogP contribution in [0.4, 0.5) is 5.69 Å². The molecule has 0 amide bonds. The van der Waals surface area contributed by atoms with Crippen molar-refractivity contribution in [3.05, 3.63) is 47.5 Å². The van der Waals surface area contributed by atoms with Crippen molar-refractivity contribution in [2.24, 2.45) is 0 Å². The van der Waals surface area contributed by atoms with Crippen molar-refractivity contribution in [3.8, 4) is 5.75 Å². The quantitative estimate of drug-likeness (QED) is 0.803. The highest BCUT2D eigenvalue weighted by Crippen LogP contribution is 2.26. The first-order valence-corrected chi connectivity index (χ1v) is 5.11. The fourth-order valence-electron chi connectivity index (χ4n) is 1.23. The molecule has 0 unspecified atom stereocenters. The van der Waals surface area contributed by atoms with Crippen molar-refractivity contribution < 1.29 is 5.11 Å². The molecule has 2 rings (SSSR count). The Balaban J connectivity index is 2.03. The van der Waals surface area contributed by atoms with E-state index in [1.807, 2.05) is 6.07 Å². The lowest BCUT2D eigenvalue weighted by Crippen LogP contribution is -2.01. The molecule has 2 aromatic rings. The van der Waals surface area contributed by atoms with Gasteiger partial charge in [0.1, 0.15) is 12.1 Å². The summed E-state index contributed by atoms with van der Waals surface area (Å²) in [4.78, 5) is 7.91. The molecule has 0 aliphatic carbocycles. The highest BCUT2D eigenvalue weighted by atomic mass is 35.5. The SMILES string of the molecule is Oc1ccc(NCc2ccncn2)cc1Cl. The highest BCUT2D eigenvalue weighted by Gasteiger charge is 1.99. The van der Waals surface area contributed by atoms with E-state index < -0.39 is 0 Å². The molecule has 1 heterocycles. The number of aromatic nitrogens is 2. The average Bonchev–Trinajstić information content (AvgIpc) is 2.32. The Kier molecular flexibility index (Phi) is 3.22. The summed E-state index contributed by atoms with van der Waals surface area (Å²) in [5, 5.41) is 12.7. The fraction of sp³-hybridized carbons (Fsp3) is 0.0909. The second-order valence-corrected chi connectivity index (χ2v) is 3.63. The van der Waals surface area contributed by atoms with Gasteiger partial charge >= 0.3 is 0 Å². The van der Waals surface area contributed by atoms with E-state index in [0.717, 1.165) is 11.4 Å². The standard InChI is InChI=1S/C11H10ClN3O/c12-10-5-8(1-2-11(10)16)14-6-9-3-4-13-7-15-9/h1-5,7,14,16H,6H2. The predicted molar refractivity (Wildman–Crippen MR) is 62.5 cm³/mol. The number of nitrogens with one attached hydrogen (secondary N) is 1. The van der Waals surface area contributed by atoms with E-state index in [9.17, 15) is 5.11 Å². The summed E-state index contributed by atoms with van der Waals surface area (Å²) in [6, 6.07) is 6.79. The molecule has 82 valence electrons. The number of phenolic OH excluding ortho intramolecular Hbond substituents is 1. The maximum atomic E-state index is 9.25. The van der Waals surface area contributed by atoms with Gasteiger partial charge < -0.3 is 10.4 Å². The van der Waals surface area contributed by atoms with Gasteiger partial charge in [-0.05, 0) is 24.3 Å². The molecule has 0 spiro atoms. The molecule has 1 aromatic heterocycles. The van der Waals surface area contributed by atoms with Crippen LogP contribution in [0.3, 0.4) is 0 Å². The van der Waals surface area contributed by atoms with Crippen molar-refractivity contribution in [1.29, 1.82) is 0 Å². The summed E-state index contributed by atoms with van der Waals surface area (Å²) in [7, 11) is 0. The molecular formula is C11H10ClN3O. The van der Waals surface area contributed by atoms with Gasteiger partial charge in [0.05, 0.1) is 17.3 Å². The number of aromatic hydroxyl groups is 1. The first-order valence-electron chi connectivity index (χ1n) is 4.73. The Bertz CT molecular complexity index is 476. The van der Waals surface area contributed by atoms with Gasteiger partial charge in [0.15, 0.2) is 0 Å². The van der Waals surface area contributed by atoms with Crippen LogP contribution in [0.25, 0.3) is 0 Å². The van der Waals surface area contributed by atoms with E-state index in [2.05, 4.69) is 15.3 Å². The second kappa shape index (κ2) is 4.81. The highest BCUT2D eigenvalue weighted by molar-refractivity contribution is 6.32. The van der Waals surface area contributed by atoms with Gasteiger partial charge in [-0.2, -0.15) is 0 Å². The summed E-state index contributed by atoms with van der Waals surface area (Å²) in [5.74, 6) is 0.0780. The Morgan fingerprint density at radius 3 is 2.88 bits per heavy atom. The normalized spacial score (nSPS) is 10.1. The van der Waals surface area contributed by atoms with Gasteiger partial charge in [0, 0.05) is 11.9 Å². The van der Waals surface area contributed by atoms with Gasteiger partial charge in [-0.25, -0.2) is 9.97 Å². The number of halogens is 1. The number of hydrogen-bond donors (Lipinski definition) is 2. The molecule has 0 saturated carbocycles. The lowest BCUT2D eigenvalue weighted by molar-refractivity contribution is 0.475. The van der Waals surface area contributed by atoms with Gasteiger partial charge in [-0.1, -0.05) is 11.6 Å². The lowest BCUT2D eigenvalue weighted by atomic mass is 10.3. The van der Waals surface area contributed by atoms with Crippen molar-refractivity contribution >= 4 is 17.3 Å². The summed E-state index contributed by atoms with van der Waals surface area (Å²) >= 11 is 5.78. The zero-order valence-corrected chi connectivity index (χ0v) is 9.15. The largest absolute Gasteiger partial charge is 0.506 e. The average molecular weight is 236 g/mol. The maximum absolute atomic E-state index is 9.25. The molecule has 0 aliphatic rings. The molecule has 5 heteroatoms. The molecule has 0 radical (unpaired) electrons. The number of phenols is 1. The minimum absolute atomic E-state index is 0.0780. The van der Waals surface area contributed by atoms with Crippen molar-refractivity contribution in [3.63, 3.8) is 0 Å². The third kappa shape index (κ3) is 2.61. The van der Waals surface area contributed by atoms with Crippen LogP contribution in [0.2, 0.25) is 5.02 Å². The van der Waals surface area contributed by atoms with E-state index in [1.54, 1.807) is 24.4 Å². The van der Waals surface area contributed by atoms with Crippen LogP contribution in [0, 0.1) is 0 Å². The zero-order valence-electron chi connectivity index (χ0n) is 8.39. The van der Waals surface area contributed by atoms with Crippen LogP contribution in [0.1, 0.15) is 5.69 Å². The van der Waals surface area contributed by atoms with Gasteiger partial charge in [-0.15, -0.1) is 0 Å². The molecule has 0 fully saturated rings. The van der Waals surface area contributed by atoms with E-state index in [4.69, 9.17) is 11.6 Å². The topological polar surface area (TPSA) is 58.0 Å². The smallest absolute Gasteiger partial charge is 0.134 e. The Labute approximate surface area is 97.9 Å². The third-order valence-electron chi connectivity index (χ3n) is 2.06. The molecular weight excluding hydrogens is 226 g/mol. The van der Waals surface area contributed by atoms with Crippen LogP contribution in [0.15, 0.2) is 36.8 Å². The van der Waals surface area contributed by atoms with Crippen molar-refractivity contribution in [1.82, 2.24) is 9.97 Å². The van der Waals surface area contributed by atoms with Crippen LogP contribution in [-0.4, -0.2) is 15.1 Å². The minimum Gasteiger partial charge on any atom is -0.506 e. The number of benzene rings is 1. The van der Waals surface area contributed by atoms with E-state index in [1.165, 1.54) is 6.33 Å². The Morgan fingerprint density at radius 1 is 1.31 bits per heavy atom. The Morgan fingerprint density at radius 2 is 2.19 bits per heavy atom.